The summed E-state index contributed by atoms with van der Waals surface area (Å²) in [7, 11) is 0. The lowest BCUT2D eigenvalue weighted by Gasteiger charge is -2.42. The molecule has 114 valence electrons. The van der Waals surface area contributed by atoms with E-state index in [0.717, 1.165) is 12.1 Å². The topological polar surface area (TPSA) is 20.3 Å². The van der Waals surface area contributed by atoms with E-state index in [9.17, 15) is 4.79 Å². The van der Waals surface area contributed by atoms with Crippen LogP contribution in [0.3, 0.4) is 0 Å². The van der Waals surface area contributed by atoms with Crippen molar-refractivity contribution in [3.63, 3.8) is 0 Å². The monoisotopic (exact) mass is 301 g/mol. The summed E-state index contributed by atoms with van der Waals surface area (Å²) in [6.45, 7) is 2.03. The summed E-state index contributed by atoms with van der Waals surface area (Å²) in [5.41, 5.74) is 4.65. The van der Waals surface area contributed by atoms with Crippen LogP contribution < -0.4 is 4.90 Å². The summed E-state index contributed by atoms with van der Waals surface area (Å²) < 4.78 is 0. The number of hydrogen-bond donors (Lipinski definition) is 0. The Morgan fingerprint density at radius 3 is 2.57 bits per heavy atom. The second kappa shape index (κ2) is 5.54. The normalized spacial score (nSPS) is 22.4. The molecule has 2 nitrogen and oxygen atoms in total. The van der Waals surface area contributed by atoms with Gasteiger partial charge < -0.3 is 4.90 Å². The van der Waals surface area contributed by atoms with Crippen LogP contribution in [0.15, 0.2) is 72.4 Å². The molecule has 2 aromatic carbocycles. The fraction of sp³-hybridized carbons (Fsp3) is 0.190. The number of ketones is 1. The number of rotatable bonds is 2. The molecule has 2 aromatic rings. The quantitative estimate of drug-likeness (QED) is 0.827. The predicted molar refractivity (Wildman–Crippen MR) is 94.1 cm³/mol. The van der Waals surface area contributed by atoms with E-state index in [1.54, 1.807) is 6.08 Å². The van der Waals surface area contributed by atoms with Gasteiger partial charge in [-0.25, -0.2) is 0 Å². The number of anilines is 1. The third kappa shape index (κ3) is 2.40. The van der Waals surface area contributed by atoms with Gasteiger partial charge in [-0.3, -0.25) is 4.79 Å². The Kier molecular flexibility index (Phi) is 3.38. The molecule has 23 heavy (non-hydrogen) atoms. The Labute approximate surface area is 136 Å². The van der Waals surface area contributed by atoms with Gasteiger partial charge in [0.05, 0.1) is 12.0 Å². The minimum atomic E-state index is -0.0364. The van der Waals surface area contributed by atoms with Crippen molar-refractivity contribution in [3.8, 4) is 0 Å². The van der Waals surface area contributed by atoms with Gasteiger partial charge in [-0.2, -0.15) is 0 Å². The van der Waals surface area contributed by atoms with Crippen LogP contribution in [-0.2, 0) is 11.2 Å². The summed E-state index contributed by atoms with van der Waals surface area (Å²) in [6.07, 6.45) is 6.92. The van der Waals surface area contributed by atoms with Crippen molar-refractivity contribution < 1.29 is 4.79 Å². The lowest BCUT2D eigenvalue weighted by atomic mass is 9.82. The second-order valence-corrected chi connectivity index (χ2v) is 6.26. The molecule has 2 heteroatoms. The van der Waals surface area contributed by atoms with Crippen molar-refractivity contribution >= 4 is 17.5 Å². The van der Waals surface area contributed by atoms with E-state index in [1.165, 1.54) is 16.8 Å². The van der Waals surface area contributed by atoms with Gasteiger partial charge in [0.15, 0.2) is 5.78 Å². The van der Waals surface area contributed by atoms with Gasteiger partial charge in [0, 0.05) is 17.5 Å². The minimum absolute atomic E-state index is 0.0364. The molecule has 0 radical (unpaired) electrons. The molecule has 2 heterocycles. The van der Waals surface area contributed by atoms with Crippen molar-refractivity contribution in [2.75, 3.05) is 4.90 Å². The van der Waals surface area contributed by atoms with Gasteiger partial charge in [0.1, 0.15) is 0 Å². The largest absolute Gasteiger partial charge is 0.337 e. The average molecular weight is 301 g/mol. The number of nitrogens with zero attached hydrogens (tertiary/aromatic N) is 1. The Bertz CT molecular complexity index is 804. The molecule has 2 atom stereocenters. The first-order valence-electron chi connectivity index (χ1n) is 8.06. The first kappa shape index (κ1) is 14.0. The Morgan fingerprint density at radius 1 is 1.00 bits per heavy atom. The average Bonchev–Trinajstić information content (AvgIpc) is 2.58. The molecule has 0 aliphatic carbocycles. The lowest BCUT2D eigenvalue weighted by Crippen LogP contribution is -2.47. The Hall–Kier alpha value is -2.61. The lowest BCUT2D eigenvalue weighted by molar-refractivity contribution is -0.118. The van der Waals surface area contributed by atoms with Gasteiger partial charge in [-0.05, 0) is 30.5 Å². The third-order valence-electron chi connectivity index (χ3n) is 4.77. The molecule has 0 N–H and O–H groups in total. The summed E-state index contributed by atoms with van der Waals surface area (Å²) in [6, 6.07) is 18.8. The Balaban J connectivity index is 1.75. The highest BCUT2D eigenvalue weighted by Crippen LogP contribution is 2.38. The van der Waals surface area contributed by atoms with E-state index < -0.39 is 0 Å². The predicted octanol–water partition coefficient (Wildman–Crippen LogP) is 4.23. The van der Waals surface area contributed by atoms with E-state index in [1.807, 2.05) is 25.1 Å². The fourth-order valence-electron chi connectivity index (χ4n) is 3.68. The maximum absolute atomic E-state index is 12.6. The molecule has 0 bridgehead atoms. The van der Waals surface area contributed by atoms with Gasteiger partial charge in [-0.1, -0.05) is 60.7 Å². The molecule has 0 fully saturated rings. The highest BCUT2D eigenvalue weighted by Gasteiger charge is 2.37. The zero-order valence-electron chi connectivity index (χ0n) is 13.1. The first-order chi connectivity index (χ1) is 11.2. The van der Waals surface area contributed by atoms with Crippen molar-refractivity contribution in [3.05, 3.63) is 83.6 Å². The van der Waals surface area contributed by atoms with E-state index in [4.69, 9.17) is 0 Å². The minimum Gasteiger partial charge on any atom is -0.337 e. The number of allylic oxidation sites excluding steroid dienone is 2. The van der Waals surface area contributed by atoms with Crippen molar-refractivity contribution in [2.24, 2.45) is 5.92 Å². The third-order valence-corrected chi connectivity index (χ3v) is 4.77. The van der Waals surface area contributed by atoms with Gasteiger partial charge in [0.2, 0.25) is 0 Å². The maximum Gasteiger partial charge on any atom is 0.163 e. The van der Waals surface area contributed by atoms with Gasteiger partial charge in [-0.15, -0.1) is 0 Å². The van der Waals surface area contributed by atoms with Crippen LogP contribution in [0, 0.1) is 5.92 Å². The molecular weight excluding hydrogens is 282 g/mol. The molecule has 4 rings (SSSR count). The van der Waals surface area contributed by atoms with Crippen LogP contribution in [0.1, 0.15) is 18.1 Å². The molecule has 0 aromatic heterocycles. The molecule has 2 unspecified atom stereocenters. The smallest absolute Gasteiger partial charge is 0.163 e. The number of carbonyl (C=O) groups excluding carboxylic acids is 1. The molecule has 2 aliphatic heterocycles. The molecular formula is C21H19NO. The first-order valence-corrected chi connectivity index (χ1v) is 8.06. The van der Waals surface area contributed by atoms with Crippen LogP contribution in [0.25, 0.3) is 6.08 Å². The second-order valence-electron chi connectivity index (χ2n) is 6.26. The zero-order valence-corrected chi connectivity index (χ0v) is 13.1. The van der Waals surface area contributed by atoms with E-state index >= 15 is 0 Å². The summed E-state index contributed by atoms with van der Waals surface area (Å²) in [4.78, 5) is 14.9. The zero-order chi connectivity index (χ0) is 15.8. The SMILES string of the molecule is CC1=CC(=O)C(Cc2ccccc2)C2C=Cc3ccccc3N12. The van der Waals surface area contributed by atoms with Gasteiger partial charge in [0.25, 0.3) is 0 Å². The van der Waals surface area contributed by atoms with Crippen LogP contribution in [0.4, 0.5) is 5.69 Å². The van der Waals surface area contributed by atoms with Crippen LogP contribution in [0.2, 0.25) is 0 Å². The highest BCUT2D eigenvalue weighted by atomic mass is 16.1. The molecule has 0 saturated carbocycles. The number of para-hydroxylation sites is 1. The van der Waals surface area contributed by atoms with Crippen molar-refractivity contribution in [1.29, 1.82) is 0 Å². The Morgan fingerprint density at radius 2 is 1.74 bits per heavy atom. The summed E-state index contributed by atoms with van der Waals surface area (Å²) >= 11 is 0. The highest BCUT2D eigenvalue weighted by molar-refractivity contribution is 5.97. The molecule has 0 spiro atoms. The summed E-state index contributed by atoms with van der Waals surface area (Å²) in [5.74, 6) is 0.197. The van der Waals surface area contributed by atoms with Crippen LogP contribution >= 0.6 is 0 Å². The van der Waals surface area contributed by atoms with E-state index in [2.05, 4.69) is 53.5 Å². The molecule has 0 saturated heterocycles. The number of fused-ring (bicyclic) bond motifs is 3. The number of carbonyl (C=O) groups is 1. The molecule has 2 aliphatic rings. The molecule has 0 amide bonds. The number of benzene rings is 2. The summed E-state index contributed by atoms with van der Waals surface area (Å²) in [5, 5.41) is 0. The van der Waals surface area contributed by atoms with Crippen LogP contribution in [-0.4, -0.2) is 11.8 Å². The van der Waals surface area contributed by atoms with Gasteiger partial charge >= 0.3 is 0 Å². The maximum atomic E-state index is 12.6. The standard InChI is InChI=1S/C21H19NO/c1-15-13-21(23)18(14-16-7-3-2-4-8-16)20-12-11-17-9-5-6-10-19(17)22(15)20/h2-13,18,20H,14H2,1H3. The van der Waals surface area contributed by atoms with Crippen molar-refractivity contribution in [2.45, 2.75) is 19.4 Å². The van der Waals surface area contributed by atoms with Crippen molar-refractivity contribution in [1.82, 2.24) is 0 Å². The van der Waals surface area contributed by atoms with E-state index in [-0.39, 0.29) is 17.7 Å². The fourth-order valence-corrected chi connectivity index (χ4v) is 3.68. The number of hydrogen-bond acceptors (Lipinski definition) is 2. The van der Waals surface area contributed by atoms with Crippen LogP contribution in [0.5, 0.6) is 0 Å². The van der Waals surface area contributed by atoms with E-state index in [0.29, 0.717) is 0 Å².